The maximum Gasteiger partial charge on any atom is 0.307 e. The Bertz CT molecular complexity index is 724. The van der Waals surface area contributed by atoms with Crippen LogP contribution >= 0.6 is 0 Å². The van der Waals surface area contributed by atoms with Crippen LogP contribution in [0.3, 0.4) is 0 Å². The summed E-state index contributed by atoms with van der Waals surface area (Å²) in [6.07, 6.45) is 6.24. The number of carbonyl (C=O) groups is 1. The second kappa shape index (κ2) is 5.73. The fourth-order valence-corrected chi connectivity index (χ4v) is 3.42. The van der Waals surface area contributed by atoms with Gasteiger partial charge in [0.05, 0.1) is 12.4 Å². The predicted molar refractivity (Wildman–Crippen MR) is 80.1 cm³/mol. The Morgan fingerprint density at radius 3 is 2.83 bits per heavy atom. The lowest BCUT2D eigenvalue weighted by Crippen LogP contribution is -2.57. The zero-order valence-corrected chi connectivity index (χ0v) is 12.5. The summed E-state index contributed by atoms with van der Waals surface area (Å²) in [4.78, 5) is 22.5. The number of piperidine rings is 3. The summed E-state index contributed by atoms with van der Waals surface area (Å²) in [5, 5.41) is 3.02. The number of aromatic nitrogens is 2. The van der Waals surface area contributed by atoms with Gasteiger partial charge < -0.3 is 14.6 Å². The van der Waals surface area contributed by atoms with Crippen LogP contribution in [0.1, 0.15) is 23.5 Å². The van der Waals surface area contributed by atoms with Gasteiger partial charge in [-0.05, 0) is 37.9 Å². The largest absolute Gasteiger partial charge is 0.432 e. The zero-order valence-electron chi connectivity index (χ0n) is 12.5. The lowest BCUT2D eigenvalue weighted by molar-refractivity contribution is 0.0602. The van der Waals surface area contributed by atoms with Crippen LogP contribution in [0.15, 0.2) is 29.1 Å². The average molecular weight is 316 g/mol. The number of fused-ring (bicyclic) bond motifs is 3. The molecule has 3 saturated heterocycles. The average Bonchev–Trinajstić information content (AvgIpc) is 3.06. The number of oxazole rings is 1. The van der Waals surface area contributed by atoms with E-state index < -0.39 is 5.82 Å². The number of hydrogen-bond acceptors (Lipinski definition) is 5. The van der Waals surface area contributed by atoms with Gasteiger partial charge in [-0.2, -0.15) is 0 Å². The minimum absolute atomic E-state index is 0.000656. The van der Waals surface area contributed by atoms with Crippen molar-refractivity contribution >= 4 is 5.91 Å². The van der Waals surface area contributed by atoms with Crippen molar-refractivity contribution in [1.82, 2.24) is 20.2 Å². The summed E-state index contributed by atoms with van der Waals surface area (Å²) in [6, 6.07) is 1.44. The third kappa shape index (κ3) is 2.84. The molecule has 6 nitrogen and oxygen atoms in total. The third-order valence-corrected chi connectivity index (χ3v) is 4.66. The number of pyridine rings is 1. The first-order valence-electron chi connectivity index (χ1n) is 7.79. The Morgan fingerprint density at radius 1 is 1.30 bits per heavy atom. The first-order chi connectivity index (χ1) is 11.2. The van der Waals surface area contributed by atoms with Crippen molar-refractivity contribution in [2.75, 3.05) is 19.6 Å². The van der Waals surface area contributed by atoms with Gasteiger partial charge in [-0.1, -0.05) is 0 Å². The number of carbonyl (C=O) groups excluding carboxylic acids is 1. The molecule has 7 heteroatoms. The molecule has 0 radical (unpaired) electrons. The van der Waals surface area contributed by atoms with Crippen molar-refractivity contribution in [3.8, 4) is 11.3 Å². The van der Waals surface area contributed by atoms with Gasteiger partial charge in [0.1, 0.15) is 5.82 Å². The molecular weight excluding hydrogens is 299 g/mol. The molecule has 1 unspecified atom stereocenters. The van der Waals surface area contributed by atoms with Crippen molar-refractivity contribution < 1.29 is 13.6 Å². The fraction of sp³-hybridized carbons (Fsp3) is 0.438. The van der Waals surface area contributed by atoms with E-state index in [9.17, 15) is 9.18 Å². The van der Waals surface area contributed by atoms with E-state index in [2.05, 4.69) is 20.2 Å². The maximum absolute atomic E-state index is 13.2. The molecule has 1 amide bonds. The van der Waals surface area contributed by atoms with Gasteiger partial charge in [-0.3, -0.25) is 9.78 Å². The highest BCUT2D eigenvalue weighted by molar-refractivity contribution is 5.90. The van der Waals surface area contributed by atoms with Crippen LogP contribution in [0, 0.1) is 11.7 Å². The second-order valence-corrected chi connectivity index (χ2v) is 6.14. The quantitative estimate of drug-likeness (QED) is 0.933. The molecule has 2 bridgehead atoms. The van der Waals surface area contributed by atoms with E-state index in [0.717, 1.165) is 38.7 Å². The van der Waals surface area contributed by atoms with Crippen molar-refractivity contribution in [2.24, 2.45) is 5.92 Å². The number of rotatable bonds is 3. The summed E-state index contributed by atoms with van der Waals surface area (Å²) in [7, 11) is 0. The SMILES string of the molecule is O=C(NC1CN2CCC1CC2)c1ncc(-c2cncc(F)c2)o1. The van der Waals surface area contributed by atoms with Crippen molar-refractivity contribution in [3.63, 3.8) is 0 Å². The topological polar surface area (TPSA) is 71.3 Å². The van der Waals surface area contributed by atoms with E-state index in [1.165, 1.54) is 18.5 Å². The highest BCUT2D eigenvalue weighted by Crippen LogP contribution is 2.28. The standard InChI is InChI=1S/C16H17FN4O2/c17-12-5-11(6-18-7-12)14-8-19-16(23-14)15(22)20-13-9-21-3-1-10(13)2-4-21/h5-8,10,13H,1-4,9H2,(H,20,22). The van der Waals surface area contributed by atoms with Gasteiger partial charge >= 0.3 is 5.91 Å². The molecule has 5 heterocycles. The lowest BCUT2D eigenvalue weighted by Gasteiger charge is -2.44. The third-order valence-electron chi connectivity index (χ3n) is 4.66. The summed E-state index contributed by atoms with van der Waals surface area (Å²) in [6.45, 7) is 3.12. The maximum atomic E-state index is 13.2. The minimum Gasteiger partial charge on any atom is -0.432 e. The Morgan fingerprint density at radius 2 is 2.13 bits per heavy atom. The van der Waals surface area contributed by atoms with E-state index in [0.29, 0.717) is 17.2 Å². The second-order valence-electron chi connectivity index (χ2n) is 6.14. The van der Waals surface area contributed by atoms with E-state index >= 15 is 0 Å². The fourth-order valence-electron chi connectivity index (χ4n) is 3.42. The number of nitrogens with zero attached hydrogens (tertiary/aromatic N) is 3. The molecule has 2 aromatic rings. The molecule has 1 N–H and O–H groups in total. The van der Waals surface area contributed by atoms with Crippen LogP contribution in [-0.2, 0) is 0 Å². The van der Waals surface area contributed by atoms with Crippen molar-refractivity contribution in [2.45, 2.75) is 18.9 Å². The molecule has 3 aliphatic heterocycles. The minimum atomic E-state index is -0.461. The Labute approximate surface area is 132 Å². The van der Waals surface area contributed by atoms with Crippen LogP contribution in [0.25, 0.3) is 11.3 Å². The molecule has 0 aliphatic carbocycles. The van der Waals surface area contributed by atoms with Gasteiger partial charge in [0.15, 0.2) is 5.76 Å². The molecule has 23 heavy (non-hydrogen) atoms. The molecule has 0 aromatic carbocycles. The first kappa shape index (κ1) is 14.3. The van der Waals surface area contributed by atoms with Crippen LogP contribution in [0.2, 0.25) is 0 Å². The molecule has 0 spiro atoms. The number of hydrogen-bond donors (Lipinski definition) is 1. The van der Waals surface area contributed by atoms with Gasteiger partial charge in [-0.25, -0.2) is 9.37 Å². The molecule has 1 atom stereocenters. The summed E-state index contributed by atoms with van der Waals surface area (Å²) in [5.74, 6) is 0.0825. The monoisotopic (exact) mass is 316 g/mol. The van der Waals surface area contributed by atoms with E-state index in [1.807, 2.05) is 0 Å². The van der Waals surface area contributed by atoms with Crippen LogP contribution in [0.4, 0.5) is 4.39 Å². The highest BCUT2D eigenvalue weighted by Gasteiger charge is 2.35. The summed E-state index contributed by atoms with van der Waals surface area (Å²) >= 11 is 0. The first-order valence-corrected chi connectivity index (χ1v) is 7.79. The molecular formula is C16H17FN4O2. The van der Waals surface area contributed by atoms with E-state index in [4.69, 9.17) is 4.42 Å². The zero-order chi connectivity index (χ0) is 15.8. The lowest BCUT2D eigenvalue weighted by atomic mass is 9.84. The Hall–Kier alpha value is -2.28. The Balaban J connectivity index is 1.47. The smallest absolute Gasteiger partial charge is 0.307 e. The van der Waals surface area contributed by atoms with Crippen LogP contribution in [-0.4, -0.2) is 46.5 Å². The van der Waals surface area contributed by atoms with Crippen LogP contribution in [0.5, 0.6) is 0 Å². The number of amides is 1. The van der Waals surface area contributed by atoms with Gasteiger partial charge in [-0.15, -0.1) is 0 Å². The van der Waals surface area contributed by atoms with Crippen molar-refractivity contribution in [1.29, 1.82) is 0 Å². The van der Waals surface area contributed by atoms with Gasteiger partial charge in [0.2, 0.25) is 0 Å². The van der Waals surface area contributed by atoms with Gasteiger partial charge in [0.25, 0.3) is 5.89 Å². The number of nitrogens with one attached hydrogen (secondary N) is 1. The number of halogens is 1. The van der Waals surface area contributed by atoms with Gasteiger partial charge in [0, 0.05) is 24.3 Å². The summed E-state index contributed by atoms with van der Waals surface area (Å²) < 4.78 is 18.7. The highest BCUT2D eigenvalue weighted by atomic mass is 19.1. The van der Waals surface area contributed by atoms with Crippen LogP contribution < -0.4 is 5.32 Å². The Kier molecular flexibility index (Phi) is 3.57. The normalized spacial score (nSPS) is 26.2. The molecule has 120 valence electrons. The molecule has 3 fully saturated rings. The van der Waals surface area contributed by atoms with Crippen molar-refractivity contribution in [3.05, 3.63) is 36.4 Å². The molecule has 0 saturated carbocycles. The van der Waals surface area contributed by atoms with E-state index in [1.54, 1.807) is 0 Å². The van der Waals surface area contributed by atoms with E-state index in [-0.39, 0.29) is 17.8 Å². The molecule has 2 aromatic heterocycles. The molecule has 5 rings (SSSR count). The summed E-state index contributed by atoms with van der Waals surface area (Å²) in [5.41, 5.74) is 0.458. The predicted octanol–water partition coefficient (Wildman–Crippen LogP) is 1.70. The molecule has 3 aliphatic rings.